The lowest BCUT2D eigenvalue weighted by atomic mass is 9.97. The van der Waals surface area contributed by atoms with Crippen molar-refractivity contribution in [3.05, 3.63) is 0 Å². The van der Waals surface area contributed by atoms with E-state index in [9.17, 15) is 4.79 Å². The Balaban J connectivity index is 4.13. The van der Waals surface area contributed by atoms with Crippen molar-refractivity contribution >= 4 is 5.91 Å². The molecule has 0 radical (unpaired) electrons. The van der Waals surface area contributed by atoms with Gasteiger partial charge in [-0.2, -0.15) is 0 Å². The molecule has 0 aliphatic heterocycles. The van der Waals surface area contributed by atoms with Gasteiger partial charge in [0.1, 0.15) is 0 Å². The van der Waals surface area contributed by atoms with E-state index in [4.69, 9.17) is 5.73 Å². The molecule has 4 heteroatoms. The Morgan fingerprint density at radius 2 is 1.87 bits per heavy atom. The predicted molar refractivity (Wildman–Crippen MR) is 63.7 cm³/mol. The molecule has 0 aliphatic rings. The van der Waals surface area contributed by atoms with Gasteiger partial charge in [0.25, 0.3) is 0 Å². The highest BCUT2D eigenvalue weighted by Gasteiger charge is 2.25. The number of likely N-dealkylation sites (N-methyl/N-ethyl adjacent to an activating group) is 1. The molecule has 1 atom stereocenters. The number of rotatable bonds is 6. The van der Waals surface area contributed by atoms with E-state index in [1.54, 1.807) is 19.0 Å². The molecule has 0 aromatic rings. The molecule has 0 bridgehead atoms. The van der Waals surface area contributed by atoms with Crippen LogP contribution >= 0.6 is 0 Å². The molecule has 0 fully saturated rings. The van der Waals surface area contributed by atoms with Gasteiger partial charge in [0, 0.05) is 39.1 Å². The van der Waals surface area contributed by atoms with Crippen molar-refractivity contribution in [2.24, 2.45) is 5.73 Å². The monoisotopic (exact) mass is 215 g/mol. The van der Waals surface area contributed by atoms with E-state index >= 15 is 0 Å². The minimum absolute atomic E-state index is 0.00654. The molecule has 0 saturated heterocycles. The molecule has 1 unspecified atom stereocenters. The van der Waals surface area contributed by atoms with Crippen LogP contribution in [0.15, 0.2) is 0 Å². The van der Waals surface area contributed by atoms with Crippen LogP contribution in [0.2, 0.25) is 0 Å². The van der Waals surface area contributed by atoms with Gasteiger partial charge in [-0.25, -0.2) is 0 Å². The molecule has 0 heterocycles. The van der Waals surface area contributed by atoms with Crippen molar-refractivity contribution in [2.45, 2.75) is 32.2 Å². The van der Waals surface area contributed by atoms with Crippen LogP contribution in [0.3, 0.4) is 0 Å². The van der Waals surface area contributed by atoms with E-state index < -0.39 is 0 Å². The van der Waals surface area contributed by atoms with Gasteiger partial charge in [0.05, 0.1) is 0 Å². The second kappa shape index (κ2) is 6.08. The Morgan fingerprint density at radius 1 is 1.33 bits per heavy atom. The van der Waals surface area contributed by atoms with Crippen molar-refractivity contribution in [1.82, 2.24) is 9.80 Å². The number of nitrogens with two attached hydrogens (primary N) is 1. The summed E-state index contributed by atoms with van der Waals surface area (Å²) in [5.74, 6) is 0.164. The largest absolute Gasteiger partial charge is 0.349 e. The van der Waals surface area contributed by atoms with Crippen molar-refractivity contribution in [3.8, 4) is 0 Å². The highest BCUT2D eigenvalue weighted by molar-refractivity contribution is 5.75. The quantitative estimate of drug-likeness (QED) is 0.703. The van der Waals surface area contributed by atoms with Crippen LogP contribution in [0.1, 0.15) is 26.7 Å². The van der Waals surface area contributed by atoms with Crippen LogP contribution in [0.5, 0.6) is 0 Å². The molecule has 0 saturated carbocycles. The Morgan fingerprint density at radius 3 is 2.20 bits per heavy atom. The maximum Gasteiger partial charge on any atom is 0.223 e. The summed E-state index contributed by atoms with van der Waals surface area (Å²) < 4.78 is 0. The Labute approximate surface area is 93.4 Å². The number of carbonyl (C=O) groups excluding carboxylic acids is 1. The lowest BCUT2D eigenvalue weighted by Crippen LogP contribution is -2.50. The highest BCUT2D eigenvalue weighted by Crippen LogP contribution is 2.16. The van der Waals surface area contributed by atoms with Gasteiger partial charge < -0.3 is 10.6 Å². The third-order valence-electron chi connectivity index (χ3n) is 3.28. The standard InChI is InChI=1S/C11H25N3O/c1-6-11(2,9-12)14(5)8-7-10(15)13(3)4/h6-9,12H2,1-5H3. The SMILES string of the molecule is CCC(C)(CN)N(C)CCC(=O)N(C)C. The summed E-state index contributed by atoms with van der Waals surface area (Å²) in [5, 5.41) is 0. The van der Waals surface area contributed by atoms with Gasteiger partial charge in [-0.3, -0.25) is 9.69 Å². The van der Waals surface area contributed by atoms with Crippen molar-refractivity contribution in [1.29, 1.82) is 0 Å². The number of carbonyl (C=O) groups is 1. The summed E-state index contributed by atoms with van der Waals surface area (Å²) in [6.07, 6.45) is 1.55. The number of nitrogens with zero attached hydrogens (tertiary/aromatic N) is 2. The Kier molecular flexibility index (Phi) is 5.83. The zero-order valence-corrected chi connectivity index (χ0v) is 10.7. The molecule has 0 aliphatic carbocycles. The smallest absolute Gasteiger partial charge is 0.223 e. The first-order valence-corrected chi connectivity index (χ1v) is 5.49. The summed E-state index contributed by atoms with van der Waals surface area (Å²) in [5.41, 5.74) is 5.75. The average Bonchev–Trinajstić information content (AvgIpc) is 2.23. The topological polar surface area (TPSA) is 49.6 Å². The Bertz CT molecular complexity index is 200. The van der Waals surface area contributed by atoms with Gasteiger partial charge in [0.15, 0.2) is 0 Å². The molecule has 4 nitrogen and oxygen atoms in total. The molecule has 0 spiro atoms. The zero-order valence-electron chi connectivity index (χ0n) is 10.7. The molecule has 0 aromatic carbocycles. The fraction of sp³-hybridized carbons (Fsp3) is 0.909. The van der Waals surface area contributed by atoms with E-state index in [0.29, 0.717) is 13.0 Å². The molecule has 15 heavy (non-hydrogen) atoms. The minimum Gasteiger partial charge on any atom is -0.349 e. The van der Waals surface area contributed by atoms with Crippen LogP contribution < -0.4 is 5.73 Å². The first-order valence-electron chi connectivity index (χ1n) is 5.49. The summed E-state index contributed by atoms with van der Waals surface area (Å²) in [7, 11) is 5.59. The van der Waals surface area contributed by atoms with Crippen LogP contribution in [0, 0.1) is 0 Å². The summed E-state index contributed by atoms with van der Waals surface area (Å²) in [6.45, 7) is 5.64. The molecule has 0 aromatic heterocycles. The Hall–Kier alpha value is -0.610. The number of amides is 1. The van der Waals surface area contributed by atoms with Gasteiger partial charge in [-0.15, -0.1) is 0 Å². The van der Waals surface area contributed by atoms with Crippen LogP contribution in [-0.2, 0) is 4.79 Å². The van der Waals surface area contributed by atoms with Crippen molar-refractivity contribution < 1.29 is 4.79 Å². The second-order valence-corrected chi connectivity index (χ2v) is 4.51. The van der Waals surface area contributed by atoms with Crippen LogP contribution in [0.25, 0.3) is 0 Å². The number of hydrogen-bond acceptors (Lipinski definition) is 3. The van der Waals surface area contributed by atoms with E-state index in [0.717, 1.165) is 13.0 Å². The maximum atomic E-state index is 11.4. The molecular weight excluding hydrogens is 190 g/mol. The van der Waals surface area contributed by atoms with E-state index in [1.165, 1.54) is 0 Å². The molecule has 90 valence electrons. The summed E-state index contributed by atoms with van der Waals surface area (Å²) >= 11 is 0. The molecule has 2 N–H and O–H groups in total. The first-order chi connectivity index (χ1) is 6.87. The molecule has 1 amide bonds. The number of hydrogen-bond donors (Lipinski definition) is 1. The van der Waals surface area contributed by atoms with Gasteiger partial charge in [0.2, 0.25) is 5.91 Å². The maximum absolute atomic E-state index is 11.4. The van der Waals surface area contributed by atoms with Crippen molar-refractivity contribution in [3.63, 3.8) is 0 Å². The summed E-state index contributed by atoms with van der Waals surface area (Å²) in [4.78, 5) is 15.2. The highest BCUT2D eigenvalue weighted by atomic mass is 16.2. The van der Waals surface area contributed by atoms with Gasteiger partial charge in [-0.1, -0.05) is 6.92 Å². The molecule has 0 rings (SSSR count). The second-order valence-electron chi connectivity index (χ2n) is 4.51. The summed E-state index contributed by atoms with van der Waals surface area (Å²) in [6, 6.07) is 0. The lowest BCUT2D eigenvalue weighted by molar-refractivity contribution is -0.129. The van der Waals surface area contributed by atoms with E-state index in [-0.39, 0.29) is 11.4 Å². The third kappa shape index (κ3) is 4.18. The molecular formula is C11H25N3O. The van der Waals surface area contributed by atoms with Gasteiger partial charge in [-0.05, 0) is 20.4 Å². The minimum atomic E-state index is 0.00654. The van der Waals surface area contributed by atoms with Crippen LogP contribution in [-0.4, -0.2) is 55.5 Å². The fourth-order valence-electron chi connectivity index (χ4n) is 1.33. The predicted octanol–water partition coefficient (Wildman–Crippen LogP) is 0.524. The first kappa shape index (κ1) is 14.4. The average molecular weight is 215 g/mol. The lowest BCUT2D eigenvalue weighted by Gasteiger charge is -2.37. The fourth-order valence-corrected chi connectivity index (χ4v) is 1.33. The van der Waals surface area contributed by atoms with Gasteiger partial charge >= 0.3 is 0 Å². The normalized spacial score (nSPS) is 15.1. The van der Waals surface area contributed by atoms with Crippen LogP contribution in [0.4, 0.5) is 0 Å². The van der Waals surface area contributed by atoms with E-state index in [2.05, 4.69) is 18.7 Å². The zero-order chi connectivity index (χ0) is 12.1. The van der Waals surface area contributed by atoms with E-state index in [1.807, 2.05) is 7.05 Å². The van der Waals surface area contributed by atoms with Crippen molar-refractivity contribution in [2.75, 3.05) is 34.2 Å². The third-order valence-corrected chi connectivity index (χ3v) is 3.28.